The van der Waals surface area contributed by atoms with Crippen LogP contribution in [0.3, 0.4) is 0 Å². The quantitative estimate of drug-likeness (QED) is 0.858. The zero-order valence-corrected chi connectivity index (χ0v) is 16.0. The smallest absolute Gasteiger partial charge is 0.120 e. The third-order valence-corrected chi connectivity index (χ3v) is 5.40. The molecule has 4 nitrogen and oxygen atoms in total. The number of rotatable bonds is 5. The summed E-state index contributed by atoms with van der Waals surface area (Å²) in [6.07, 6.45) is 1.34. The fraction of sp³-hybridized carbons (Fsp3) is 0.455. The first-order valence-electron chi connectivity index (χ1n) is 9.28. The number of hydrogen-bond acceptors (Lipinski definition) is 4. The van der Waals surface area contributed by atoms with Crippen molar-refractivity contribution in [1.29, 1.82) is 0 Å². The van der Waals surface area contributed by atoms with Crippen LogP contribution in [0.15, 0.2) is 36.4 Å². The largest absolute Gasteiger partial charge is 0.508 e. The van der Waals surface area contributed by atoms with E-state index in [9.17, 15) is 10.2 Å². The molecular formula is C22H29NO3. The van der Waals surface area contributed by atoms with Crippen molar-refractivity contribution in [3.8, 4) is 11.5 Å². The van der Waals surface area contributed by atoms with E-state index in [-0.39, 0.29) is 0 Å². The lowest BCUT2D eigenvalue weighted by Gasteiger charge is -2.38. The Morgan fingerprint density at radius 2 is 1.73 bits per heavy atom. The summed E-state index contributed by atoms with van der Waals surface area (Å²) < 4.78 is 5.86. The molecule has 1 heterocycles. The van der Waals surface area contributed by atoms with Gasteiger partial charge in [-0.1, -0.05) is 23.8 Å². The van der Waals surface area contributed by atoms with Crippen molar-refractivity contribution in [1.82, 2.24) is 4.90 Å². The van der Waals surface area contributed by atoms with Crippen LogP contribution in [0.4, 0.5) is 0 Å². The van der Waals surface area contributed by atoms with Crippen molar-refractivity contribution in [2.24, 2.45) is 0 Å². The molecule has 0 bridgehead atoms. The number of benzene rings is 2. The van der Waals surface area contributed by atoms with Crippen molar-refractivity contribution >= 4 is 0 Å². The Morgan fingerprint density at radius 1 is 1.00 bits per heavy atom. The molecule has 0 unspecified atom stereocenters. The van der Waals surface area contributed by atoms with Gasteiger partial charge < -0.3 is 14.9 Å². The molecule has 0 atom stereocenters. The molecule has 0 radical (unpaired) electrons. The van der Waals surface area contributed by atoms with Crippen molar-refractivity contribution in [2.45, 2.75) is 45.8 Å². The van der Waals surface area contributed by atoms with Crippen molar-refractivity contribution in [2.75, 3.05) is 19.7 Å². The first kappa shape index (κ1) is 18.7. The predicted molar refractivity (Wildman–Crippen MR) is 104 cm³/mol. The Kier molecular flexibility index (Phi) is 5.54. The molecule has 1 aliphatic heterocycles. The summed E-state index contributed by atoms with van der Waals surface area (Å²) >= 11 is 0. The molecule has 1 aliphatic rings. The lowest BCUT2D eigenvalue weighted by molar-refractivity contribution is -0.0537. The second-order valence-electron chi connectivity index (χ2n) is 7.67. The molecule has 0 aliphatic carbocycles. The maximum absolute atomic E-state index is 10.8. The van der Waals surface area contributed by atoms with E-state index in [1.54, 1.807) is 6.07 Å². The SMILES string of the molecule is Cc1ccc(O)c(CN2CCC(O)(COc3ccc(C)c(C)c3)CC2)c1. The fourth-order valence-electron chi connectivity index (χ4n) is 3.37. The van der Waals surface area contributed by atoms with Crippen LogP contribution in [0, 0.1) is 20.8 Å². The predicted octanol–water partition coefficient (Wildman–Crippen LogP) is 3.72. The molecule has 0 spiro atoms. The number of hydrogen-bond donors (Lipinski definition) is 2. The van der Waals surface area contributed by atoms with Gasteiger partial charge in [-0.05, 0) is 62.9 Å². The van der Waals surface area contributed by atoms with Gasteiger partial charge in [0, 0.05) is 25.2 Å². The molecule has 4 heteroatoms. The van der Waals surface area contributed by atoms with Crippen LogP contribution in [0.5, 0.6) is 11.5 Å². The molecule has 2 aromatic carbocycles. The zero-order valence-electron chi connectivity index (χ0n) is 16.0. The molecule has 0 aromatic heterocycles. The first-order valence-corrected chi connectivity index (χ1v) is 9.28. The Hall–Kier alpha value is -2.04. The van der Waals surface area contributed by atoms with Gasteiger partial charge in [-0.3, -0.25) is 4.90 Å². The normalized spacial score (nSPS) is 17.2. The average molecular weight is 355 g/mol. The van der Waals surface area contributed by atoms with Gasteiger partial charge in [0.25, 0.3) is 0 Å². The van der Waals surface area contributed by atoms with Gasteiger partial charge in [0.1, 0.15) is 23.7 Å². The summed E-state index contributed by atoms with van der Waals surface area (Å²) in [5.41, 5.74) is 3.74. The average Bonchev–Trinajstić information content (AvgIpc) is 2.61. The van der Waals surface area contributed by atoms with Crippen LogP contribution in [-0.4, -0.2) is 40.4 Å². The van der Waals surface area contributed by atoms with Crippen LogP contribution < -0.4 is 4.74 Å². The molecule has 1 fully saturated rings. The van der Waals surface area contributed by atoms with Crippen LogP contribution >= 0.6 is 0 Å². The van der Waals surface area contributed by atoms with Gasteiger partial charge >= 0.3 is 0 Å². The Balaban J connectivity index is 1.53. The van der Waals surface area contributed by atoms with Gasteiger partial charge in [0.2, 0.25) is 0 Å². The number of aliphatic hydroxyl groups is 1. The highest BCUT2D eigenvalue weighted by molar-refractivity contribution is 5.36. The number of likely N-dealkylation sites (tertiary alicyclic amines) is 1. The van der Waals surface area contributed by atoms with E-state index in [2.05, 4.69) is 18.7 Å². The third kappa shape index (κ3) is 4.57. The van der Waals surface area contributed by atoms with Crippen LogP contribution in [0.1, 0.15) is 35.1 Å². The van der Waals surface area contributed by atoms with E-state index in [4.69, 9.17) is 4.74 Å². The van der Waals surface area contributed by atoms with Gasteiger partial charge in [0.05, 0.1) is 0 Å². The number of aromatic hydroxyl groups is 1. The highest BCUT2D eigenvalue weighted by Gasteiger charge is 2.33. The maximum atomic E-state index is 10.8. The molecule has 0 saturated carbocycles. The third-order valence-electron chi connectivity index (χ3n) is 5.40. The number of phenolic OH excluding ortho intramolecular Hbond substituents is 1. The van der Waals surface area contributed by atoms with Crippen LogP contribution in [0.25, 0.3) is 0 Å². The van der Waals surface area contributed by atoms with E-state index in [0.717, 1.165) is 30.0 Å². The Labute approximate surface area is 156 Å². The molecule has 0 amide bonds. The van der Waals surface area contributed by atoms with E-state index >= 15 is 0 Å². The standard InChI is InChI=1S/C22H29NO3/c1-16-4-7-21(24)19(12-16)14-23-10-8-22(25,9-11-23)15-26-20-6-5-17(2)18(3)13-20/h4-7,12-13,24-25H,8-11,14-15H2,1-3H3. The summed E-state index contributed by atoms with van der Waals surface area (Å²) in [6.45, 7) is 8.79. The monoisotopic (exact) mass is 355 g/mol. The Morgan fingerprint density at radius 3 is 2.42 bits per heavy atom. The number of aryl methyl sites for hydroxylation is 3. The van der Waals surface area contributed by atoms with Gasteiger partial charge in [-0.2, -0.15) is 0 Å². The highest BCUT2D eigenvalue weighted by atomic mass is 16.5. The second kappa shape index (κ2) is 7.68. The van der Waals surface area contributed by atoms with E-state index in [1.165, 1.54) is 11.1 Å². The summed E-state index contributed by atoms with van der Waals surface area (Å²) in [7, 11) is 0. The van der Waals surface area contributed by atoms with E-state index in [0.29, 0.717) is 31.7 Å². The van der Waals surface area contributed by atoms with Crippen molar-refractivity contribution < 1.29 is 14.9 Å². The molecule has 2 N–H and O–H groups in total. The minimum absolute atomic E-state index is 0.318. The van der Waals surface area contributed by atoms with Crippen molar-refractivity contribution in [3.63, 3.8) is 0 Å². The minimum Gasteiger partial charge on any atom is -0.508 e. The number of ether oxygens (including phenoxy) is 1. The summed E-state index contributed by atoms with van der Waals surface area (Å²) in [6, 6.07) is 11.7. The summed E-state index contributed by atoms with van der Waals surface area (Å²) in [5, 5.41) is 20.9. The number of piperidine rings is 1. The van der Waals surface area contributed by atoms with Crippen LogP contribution in [0.2, 0.25) is 0 Å². The molecule has 1 saturated heterocycles. The fourth-order valence-corrected chi connectivity index (χ4v) is 3.37. The summed E-state index contributed by atoms with van der Waals surface area (Å²) in [4.78, 5) is 2.28. The van der Waals surface area contributed by atoms with E-state index < -0.39 is 5.60 Å². The molecule has 2 aromatic rings. The summed E-state index contributed by atoms with van der Waals surface area (Å²) in [5.74, 6) is 1.16. The maximum Gasteiger partial charge on any atom is 0.120 e. The minimum atomic E-state index is -0.788. The highest BCUT2D eigenvalue weighted by Crippen LogP contribution is 2.27. The zero-order chi connectivity index (χ0) is 18.7. The lowest BCUT2D eigenvalue weighted by atomic mass is 9.92. The Bertz CT molecular complexity index is 764. The van der Waals surface area contributed by atoms with Gasteiger partial charge in [0.15, 0.2) is 0 Å². The molecule has 140 valence electrons. The first-order chi connectivity index (χ1) is 12.3. The molecule has 26 heavy (non-hydrogen) atoms. The topological polar surface area (TPSA) is 52.9 Å². The van der Waals surface area contributed by atoms with Crippen LogP contribution in [-0.2, 0) is 6.54 Å². The number of nitrogens with zero attached hydrogens (tertiary/aromatic N) is 1. The van der Waals surface area contributed by atoms with Gasteiger partial charge in [-0.25, -0.2) is 0 Å². The van der Waals surface area contributed by atoms with Crippen molar-refractivity contribution in [3.05, 3.63) is 58.7 Å². The molecule has 3 rings (SSSR count). The second-order valence-corrected chi connectivity index (χ2v) is 7.67. The van der Waals surface area contributed by atoms with Gasteiger partial charge in [-0.15, -0.1) is 0 Å². The van der Waals surface area contributed by atoms with E-state index in [1.807, 2.05) is 37.3 Å². The lowest BCUT2D eigenvalue weighted by Crippen LogP contribution is -2.47. The molecular weight excluding hydrogens is 326 g/mol. The number of phenols is 1.